The molecule has 0 saturated carbocycles. The second-order valence-electron chi connectivity index (χ2n) is 4.02. The average molecular weight is 236 g/mol. The van der Waals surface area contributed by atoms with Crippen molar-refractivity contribution >= 4 is 10.9 Å². The molecule has 0 N–H and O–H groups in total. The number of fused-ring (bicyclic) bond motifs is 1. The second kappa shape index (κ2) is 4.01. The first-order chi connectivity index (χ1) is 8.79. The molecule has 0 fully saturated rings. The molecule has 2 nitrogen and oxygen atoms in total. The van der Waals surface area contributed by atoms with Gasteiger partial charge in [0.05, 0.1) is 22.8 Å². The predicted molar refractivity (Wildman–Crippen MR) is 67.9 cm³/mol. The van der Waals surface area contributed by atoms with Gasteiger partial charge < -0.3 is 4.57 Å². The zero-order valence-electron chi connectivity index (χ0n) is 9.47. The SMILES string of the molecule is N#Cc1ccc2c(ccn2-c2ccccc2F)c1. The number of aromatic nitrogens is 1. The number of hydrogen-bond donors (Lipinski definition) is 0. The largest absolute Gasteiger partial charge is 0.314 e. The summed E-state index contributed by atoms with van der Waals surface area (Å²) in [5.74, 6) is -0.264. The Balaban J connectivity index is 2.26. The van der Waals surface area contributed by atoms with Crippen LogP contribution in [0.1, 0.15) is 5.56 Å². The molecule has 0 radical (unpaired) electrons. The van der Waals surface area contributed by atoms with Crippen LogP contribution in [-0.2, 0) is 0 Å². The number of nitriles is 1. The van der Waals surface area contributed by atoms with Crippen molar-refractivity contribution < 1.29 is 4.39 Å². The summed E-state index contributed by atoms with van der Waals surface area (Å²) in [7, 11) is 0. The van der Waals surface area contributed by atoms with Gasteiger partial charge in [-0.25, -0.2) is 4.39 Å². The number of halogens is 1. The fourth-order valence-corrected chi connectivity index (χ4v) is 2.07. The third-order valence-electron chi connectivity index (χ3n) is 2.93. The molecule has 1 aromatic heterocycles. The molecule has 0 aliphatic rings. The van der Waals surface area contributed by atoms with Crippen LogP contribution in [0.2, 0.25) is 0 Å². The van der Waals surface area contributed by atoms with E-state index in [0.29, 0.717) is 11.3 Å². The molecule has 0 aliphatic carbocycles. The minimum atomic E-state index is -0.264. The van der Waals surface area contributed by atoms with Gasteiger partial charge in [0, 0.05) is 11.6 Å². The number of benzene rings is 2. The van der Waals surface area contributed by atoms with Crippen molar-refractivity contribution in [2.24, 2.45) is 0 Å². The maximum absolute atomic E-state index is 13.8. The van der Waals surface area contributed by atoms with Gasteiger partial charge in [-0.3, -0.25) is 0 Å². The van der Waals surface area contributed by atoms with Gasteiger partial charge >= 0.3 is 0 Å². The molecule has 0 saturated heterocycles. The van der Waals surface area contributed by atoms with Gasteiger partial charge in [0.2, 0.25) is 0 Å². The third-order valence-corrected chi connectivity index (χ3v) is 2.93. The molecule has 0 unspecified atom stereocenters. The van der Waals surface area contributed by atoms with E-state index < -0.39 is 0 Å². The first kappa shape index (κ1) is 10.5. The van der Waals surface area contributed by atoms with Gasteiger partial charge in [0.1, 0.15) is 5.82 Å². The van der Waals surface area contributed by atoms with Crippen molar-refractivity contribution in [3.63, 3.8) is 0 Å². The Bertz CT molecular complexity index is 766. The summed E-state index contributed by atoms with van der Waals surface area (Å²) in [5, 5.41) is 9.78. The van der Waals surface area contributed by atoms with Gasteiger partial charge in [-0.05, 0) is 36.4 Å². The average Bonchev–Trinajstić information content (AvgIpc) is 2.82. The summed E-state index contributed by atoms with van der Waals surface area (Å²) < 4.78 is 15.5. The summed E-state index contributed by atoms with van der Waals surface area (Å²) in [4.78, 5) is 0. The van der Waals surface area contributed by atoms with Crippen LogP contribution in [-0.4, -0.2) is 4.57 Å². The zero-order chi connectivity index (χ0) is 12.5. The Kier molecular flexibility index (Phi) is 2.35. The Morgan fingerprint density at radius 1 is 1.06 bits per heavy atom. The van der Waals surface area contributed by atoms with Crippen LogP contribution in [0.4, 0.5) is 4.39 Å². The highest BCUT2D eigenvalue weighted by atomic mass is 19.1. The van der Waals surface area contributed by atoms with Crippen molar-refractivity contribution in [3.05, 3.63) is 66.1 Å². The maximum Gasteiger partial charge on any atom is 0.147 e. The minimum absolute atomic E-state index is 0.264. The van der Waals surface area contributed by atoms with Gasteiger partial charge in [-0.2, -0.15) is 5.26 Å². The molecule has 0 aliphatic heterocycles. The van der Waals surface area contributed by atoms with Crippen LogP contribution in [0.15, 0.2) is 54.7 Å². The van der Waals surface area contributed by atoms with Crippen molar-refractivity contribution in [1.29, 1.82) is 5.26 Å². The topological polar surface area (TPSA) is 28.7 Å². The van der Waals surface area contributed by atoms with E-state index in [2.05, 4.69) is 6.07 Å². The van der Waals surface area contributed by atoms with Crippen molar-refractivity contribution in [2.75, 3.05) is 0 Å². The molecule has 3 rings (SSSR count). The fraction of sp³-hybridized carbons (Fsp3) is 0. The highest BCUT2D eigenvalue weighted by Crippen LogP contribution is 2.23. The van der Waals surface area contributed by atoms with Gasteiger partial charge in [0.25, 0.3) is 0 Å². The lowest BCUT2D eigenvalue weighted by Gasteiger charge is -2.06. The van der Waals surface area contributed by atoms with Crippen LogP contribution >= 0.6 is 0 Å². The van der Waals surface area contributed by atoms with Gasteiger partial charge in [-0.15, -0.1) is 0 Å². The zero-order valence-corrected chi connectivity index (χ0v) is 9.47. The lowest BCUT2D eigenvalue weighted by molar-refractivity contribution is 0.620. The molecule has 3 aromatic rings. The molecule has 3 heteroatoms. The van der Waals surface area contributed by atoms with Crippen molar-refractivity contribution in [2.45, 2.75) is 0 Å². The lowest BCUT2D eigenvalue weighted by atomic mass is 10.2. The van der Waals surface area contributed by atoms with E-state index in [4.69, 9.17) is 5.26 Å². The van der Waals surface area contributed by atoms with E-state index in [0.717, 1.165) is 10.9 Å². The number of nitrogens with zero attached hydrogens (tertiary/aromatic N) is 2. The summed E-state index contributed by atoms with van der Waals surface area (Å²) in [6.07, 6.45) is 1.81. The Hall–Kier alpha value is -2.60. The van der Waals surface area contributed by atoms with Crippen LogP contribution in [0.3, 0.4) is 0 Å². The summed E-state index contributed by atoms with van der Waals surface area (Å²) >= 11 is 0. The quantitative estimate of drug-likeness (QED) is 0.634. The lowest BCUT2D eigenvalue weighted by Crippen LogP contribution is -1.95. The molecule has 86 valence electrons. The normalized spacial score (nSPS) is 10.4. The number of para-hydroxylation sites is 1. The molecule has 0 spiro atoms. The van der Waals surface area contributed by atoms with Crippen LogP contribution in [0.5, 0.6) is 0 Å². The monoisotopic (exact) mass is 236 g/mol. The van der Waals surface area contributed by atoms with E-state index in [-0.39, 0.29) is 5.82 Å². The summed E-state index contributed by atoms with van der Waals surface area (Å²) in [6.45, 7) is 0. The van der Waals surface area contributed by atoms with E-state index >= 15 is 0 Å². The van der Waals surface area contributed by atoms with E-state index in [9.17, 15) is 4.39 Å². The molecule has 0 bridgehead atoms. The smallest absolute Gasteiger partial charge is 0.147 e. The Labute approximate surface area is 104 Å². The standard InChI is InChI=1S/C15H9FN2/c16-13-3-1-2-4-15(13)18-8-7-12-9-11(10-17)5-6-14(12)18/h1-9H. The Morgan fingerprint density at radius 2 is 1.89 bits per heavy atom. The van der Waals surface area contributed by atoms with Crippen molar-refractivity contribution in [3.8, 4) is 11.8 Å². The molecular formula is C15H9FN2. The molecule has 0 amide bonds. The number of rotatable bonds is 1. The van der Waals surface area contributed by atoms with Crippen LogP contribution in [0.25, 0.3) is 16.6 Å². The highest BCUT2D eigenvalue weighted by Gasteiger charge is 2.07. The maximum atomic E-state index is 13.8. The minimum Gasteiger partial charge on any atom is -0.314 e. The second-order valence-corrected chi connectivity index (χ2v) is 4.02. The van der Waals surface area contributed by atoms with E-state index in [1.807, 2.05) is 18.3 Å². The van der Waals surface area contributed by atoms with Crippen molar-refractivity contribution in [1.82, 2.24) is 4.57 Å². The fourth-order valence-electron chi connectivity index (χ4n) is 2.07. The summed E-state index contributed by atoms with van der Waals surface area (Å²) in [5.41, 5.74) is 2.00. The molecule has 18 heavy (non-hydrogen) atoms. The number of hydrogen-bond acceptors (Lipinski definition) is 1. The Morgan fingerprint density at radius 3 is 2.67 bits per heavy atom. The van der Waals surface area contributed by atoms with E-state index in [1.165, 1.54) is 6.07 Å². The first-order valence-electron chi connectivity index (χ1n) is 5.56. The first-order valence-corrected chi connectivity index (χ1v) is 5.56. The van der Waals surface area contributed by atoms with E-state index in [1.54, 1.807) is 34.9 Å². The molecule has 2 aromatic carbocycles. The predicted octanol–water partition coefficient (Wildman–Crippen LogP) is 3.64. The molecular weight excluding hydrogens is 227 g/mol. The van der Waals surface area contributed by atoms with Crippen LogP contribution < -0.4 is 0 Å². The molecule has 0 atom stereocenters. The van der Waals surface area contributed by atoms with Crippen LogP contribution in [0, 0.1) is 17.1 Å². The summed E-state index contributed by atoms with van der Waals surface area (Å²) in [6, 6.07) is 16.0. The highest BCUT2D eigenvalue weighted by molar-refractivity contribution is 5.83. The molecule has 1 heterocycles. The van der Waals surface area contributed by atoms with Gasteiger partial charge in [-0.1, -0.05) is 12.1 Å². The van der Waals surface area contributed by atoms with Gasteiger partial charge in [0.15, 0.2) is 0 Å². The third kappa shape index (κ3) is 1.56.